The standard InChI is InChI=1S/C13H19N3O2/c1-2-10-5-3-6-11(9-10)15-13-12(16(17)18)7-4-8-14-13/h4,7-8,10-11H,2-3,5-6,9H2,1H3,(H,14,15). The first kappa shape index (κ1) is 12.8. The smallest absolute Gasteiger partial charge is 0.311 e. The van der Waals surface area contributed by atoms with Crippen LogP contribution in [0.3, 0.4) is 0 Å². The Labute approximate surface area is 107 Å². The minimum absolute atomic E-state index is 0.0659. The Kier molecular flexibility index (Phi) is 4.12. The van der Waals surface area contributed by atoms with Crippen LogP contribution in [-0.4, -0.2) is 15.9 Å². The van der Waals surface area contributed by atoms with E-state index in [1.807, 2.05) is 0 Å². The van der Waals surface area contributed by atoms with Gasteiger partial charge in [-0.15, -0.1) is 0 Å². The summed E-state index contributed by atoms with van der Waals surface area (Å²) >= 11 is 0. The maximum atomic E-state index is 10.9. The van der Waals surface area contributed by atoms with Crippen molar-refractivity contribution in [2.75, 3.05) is 5.32 Å². The molecule has 1 aromatic heterocycles. The summed E-state index contributed by atoms with van der Waals surface area (Å²) in [5.74, 6) is 1.14. The van der Waals surface area contributed by atoms with Crippen molar-refractivity contribution in [3.05, 3.63) is 28.4 Å². The topological polar surface area (TPSA) is 68.1 Å². The van der Waals surface area contributed by atoms with E-state index in [-0.39, 0.29) is 10.6 Å². The number of aromatic nitrogens is 1. The van der Waals surface area contributed by atoms with Gasteiger partial charge in [0.25, 0.3) is 0 Å². The summed E-state index contributed by atoms with van der Waals surface area (Å²) in [6.07, 6.45) is 7.40. The van der Waals surface area contributed by atoms with E-state index in [4.69, 9.17) is 0 Å². The molecule has 2 atom stereocenters. The maximum Gasteiger partial charge on any atom is 0.311 e. The van der Waals surface area contributed by atoms with Gasteiger partial charge in [0.2, 0.25) is 5.82 Å². The predicted molar refractivity (Wildman–Crippen MR) is 70.6 cm³/mol. The van der Waals surface area contributed by atoms with E-state index in [1.54, 1.807) is 12.3 Å². The number of pyridine rings is 1. The molecule has 98 valence electrons. The molecule has 1 fully saturated rings. The molecule has 1 aliphatic rings. The molecule has 2 unspecified atom stereocenters. The first-order valence-corrected chi connectivity index (χ1v) is 6.56. The van der Waals surface area contributed by atoms with Crippen LogP contribution in [0.2, 0.25) is 0 Å². The lowest BCUT2D eigenvalue weighted by Gasteiger charge is -2.29. The van der Waals surface area contributed by atoms with Crippen molar-refractivity contribution < 1.29 is 4.92 Å². The van der Waals surface area contributed by atoms with E-state index >= 15 is 0 Å². The van der Waals surface area contributed by atoms with Gasteiger partial charge >= 0.3 is 5.69 Å². The number of nitrogens with zero attached hydrogens (tertiary/aromatic N) is 2. The van der Waals surface area contributed by atoms with Gasteiger partial charge in [-0.3, -0.25) is 10.1 Å². The monoisotopic (exact) mass is 249 g/mol. The van der Waals surface area contributed by atoms with Gasteiger partial charge in [-0.1, -0.05) is 26.2 Å². The average Bonchev–Trinajstić information content (AvgIpc) is 2.39. The predicted octanol–water partition coefficient (Wildman–Crippen LogP) is 3.37. The Balaban J connectivity index is 2.07. The molecule has 2 rings (SSSR count). The van der Waals surface area contributed by atoms with Gasteiger partial charge in [-0.05, 0) is 24.8 Å². The van der Waals surface area contributed by atoms with E-state index in [0.29, 0.717) is 11.9 Å². The molecule has 0 saturated heterocycles. The zero-order valence-corrected chi connectivity index (χ0v) is 10.6. The minimum atomic E-state index is -0.380. The molecule has 1 aromatic rings. The van der Waals surface area contributed by atoms with Gasteiger partial charge in [0.05, 0.1) is 4.92 Å². The summed E-state index contributed by atoms with van der Waals surface area (Å²) in [5, 5.41) is 14.2. The molecule has 18 heavy (non-hydrogen) atoms. The number of rotatable bonds is 4. The highest BCUT2D eigenvalue weighted by molar-refractivity contribution is 5.55. The van der Waals surface area contributed by atoms with Crippen LogP contribution in [0.5, 0.6) is 0 Å². The van der Waals surface area contributed by atoms with Crippen LogP contribution in [0.25, 0.3) is 0 Å². The van der Waals surface area contributed by atoms with Crippen molar-refractivity contribution in [3.63, 3.8) is 0 Å². The third-order valence-corrected chi connectivity index (χ3v) is 3.68. The van der Waals surface area contributed by atoms with Crippen molar-refractivity contribution in [3.8, 4) is 0 Å². The minimum Gasteiger partial charge on any atom is -0.362 e. The van der Waals surface area contributed by atoms with Crippen LogP contribution in [-0.2, 0) is 0 Å². The molecule has 5 heteroatoms. The van der Waals surface area contributed by atoms with E-state index in [0.717, 1.165) is 18.8 Å². The highest BCUT2D eigenvalue weighted by atomic mass is 16.6. The molecule has 5 nitrogen and oxygen atoms in total. The number of anilines is 1. The van der Waals surface area contributed by atoms with Crippen LogP contribution >= 0.6 is 0 Å². The SMILES string of the molecule is CCC1CCCC(Nc2ncccc2[N+](=O)[O-])C1. The molecular formula is C13H19N3O2. The number of hydrogen-bond donors (Lipinski definition) is 1. The fourth-order valence-electron chi connectivity index (χ4n) is 2.64. The molecule has 1 N–H and O–H groups in total. The molecule has 1 saturated carbocycles. The highest BCUT2D eigenvalue weighted by Crippen LogP contribution is 2.30. The summed E-state index contributed by atoms with van der Waals surface area (Å²) in [7, 11) is 0. The Bertz CT molecular complexity index is 422. The zero-order chi connectivity index (χ0) is 13.0. The van der Waals surface area contributed by atoms with Crippen LogP contribution < -0.4 is 5.32 Å². The van der Waals surface area contributed by atoms with Gasteiger partial charge in [-0.25, -0.2) is 4.98 Å². The molecule has 1 heterocycles. The number of hydrogen-bond acceptors (Lipinski definition) is 4. The maximum absolute atomic E-state index is 10.9. The van der Waals surface area contributed by atoms with Crippen LogP contribution in [0.1, 0.15) is 39.0 Å². The van der Waals surface area contributed by atoms with E-state index in [2.05, 4.69) is 17.2 Å². The second-order valence-corrected chi connectivity index (χ2v) is 4.91. The summed E-state index contributed by atoms with van der Waals surface area (Å²) < 4.78 is 0. The van der Waals surface area contributed by atoms with Crippen molar-refractivity contribution in [1.29, 1.82) is 0 Å². The average molecular weight is 249 g/mol. The molecule has 0 amide bonds. The van der Waals surface area contributed by atoms with Crippen molar-refractivity contribution in [2.24, 2.45) is 5.92 Å². The normalized spacial score (nSPS) is 23.6. The third kappa shape index (κ3) is 2.97. The summed E-state index contributed by atoms with van der Waals surface area (Å²) in [4.78, 5) is 14.6. The largest absolute Gasteiger partial charge is 0.362 e. The van der Waals surface area contributed by atoms with E-state index in [1.165, 1.54) is 25.3 Å². The van der Waals surface area contributed by atoms with Crippen molar-refractivity contribution in [1.82, 2.24) is 4.98 Å². The fourth-order valence-corrected chi connectivity index (χ4v) is 2.64. The molecule has 0 aromatic carbocycles. The summed E-state index contributed by atoms with van der Waals surface area (Å²) in [5.41, 5.74) is 0.0659. The fraction of sp³-hybridized carbons (Fsp3) is 0.615. The van der Waals surface area contributed by atoms with Gasteiger partial charge in [-0.2, -0.15) is 0 Å². The lowest BCUT2D eigenvalue weighted by Crippen LogP contribution is -2.27. The van der Waals surface area contributed by atoms with Gasteiger partial charge in [0, 0.05) is 18.3 Å². The lowest BCUT2D eigenvalue weighted by molar-refractivity contribution is -0.384. The van der Waals surface area contributed by atoms with Crippen LogP contribution in [0.15, 0.2) is 18.3 Å². The van der Waals surface area contributed by atoms with E-state index in [9.17, 15) is 10.1 Å². The zero-order valence-electron chi connectivity index (χ0n) is 10.6. The molecular weight excluding hydrogens is 230 g/mol. The second kappa shape index (κ2) is 5.80. The lowest BCUT2D eigenvalue weighted by atomic mass is 9.84. The number of nitro groups is 1. The highest BCUT2D eigenvalue weighted by Gasteiger charge is 2.23. The summed E-state index contributed by atoms with van der Waals surface area (Å²) in [6, 6.07) is 3.41. The molecule has 0 spiro atoms. The number of nitrogens with one attached hydrogen (secondary N) is 1. The van der Waals surface area contributed by atoms with Crippen LogP contribution in [0, 0.1) is 16.0 Å². The molecule has 1 aliphatic carbocycles. The molecule has 0 aliphatic heterocycles. The van der Waals surface area contributed by atoms with Crippen LogP contribution in [0.4, 0.5) is 11.5 Å². The van der Waals surface area contributed by atoms with Gasteiger partial charge < -0.3 is 5.32 Å². The van der Waals surface area contributed by atoms with Gasteiger partial charge in [0.1, 0.15) is 0 Å². The first-order valence-electron chi connectivity index (χ1n) is 6.56. The van der Waals surface area contributed by atoms with Crippen molar-refractivity contribution >= 4 is 11.5 Å². The second-order valence-electron chi connectivity index (χ2n) is 4.91. The Hall–Kier alpha value is -1.65. The molecule has 0 radical (unpaired) electrons. The van der Waals surface area contributed by atoms with E-state index < -0.39 is 0 Å². The first-order chi connectivity index (χ1) is 8.70. The third-order valence-electron chi connectivity index (χ3n) is 3.68. The quantitative estimate of drug-likeness (QED) is 0.656. The molecule has 0 bridgehead atoms. The Morgan fingerprint density at radius 1 is 1.56 bits per heavy atom. The Morgan fingerprint density at radius 2 is 2.39 bits per heavy atom. The van der Waals surface area contributed by atoms with Crippen molar-refractivity contribution in [2.45, 2.75) is 45.1 Å². The Morgan fingerprint density at radius 3 is 3.11 bits per heavy atom. The summed E-state index contributed by atoms with van der Waals surface area (Å²) in [6.45, 7) is 2.20. The van der Waals surface area contributed by atoms with Gasteiger partial charge in [0.15, 0.2) is 0 Å².